The van der Waals surface area contributed by atoms with E-state index in [1.807, 2.05) is 0 Å². The number of piperazine rings is 1. The molecular weight excluding hydrogens is 350 g/mol. The molecule has 0 bridgehead atoms. The van der Waals surface area contributed by atoms with Crippen LogP contribution in [0.3, 0.4) is 0 Å². The summed E-state index contributed by atoms with van der Waals surface area (Å²) in [6, 6.07) is 8.64. The van der Waals surface area contributed by atoms with Crippen LogP contribution in [0.5, 0.6) is 0 Å². The van der Waals surface area contributed by atoms with Crippen LogP contribution in [0.25, 0.3) is 11.2 Å². The van der Waals surface area contributed by atoms with E-state index >= 15 is 0 Å². The van der Waals surface area contributed by atoms with E-state index in [-0.39, 0.29) is 0 Å². The van der Waals surface area contributed by atoms with Gasteiger partial charge in [0, 0.05) is 44.3 Å². The van der Waals surface area contributed by atoms with Gasteiger partial charge in [-0.3, -0.25) is 0 Å². The second-order valence-corrected chi connectivity index (χ2v) is 7.96. The Balaban J connectivity index is 1.49. The molecule has 0 spiro atoms. The van der Waals surface area contributed by atoms with E-state index in [2.05, 4.69) is 68.3 Å². The third-order valence-electron chi connectivity index (χ3n) is 5.79. The first-order chi connectivity index (χ1) is 13.7. The highest BCUT2D eigenvalue weighted by Crippen LogP contribution is 2.47. The summed E-state index contributed by atoms with van der Waals surface area (Å²) in [6.07, 6.45) is 4.65. The summed E-state index contributed by atoms with van der Waals surface area (Å²) in [5, 5.41) is 3.48. The van der Waals surface area contributed by atoms with Crippen LogP contribution >= 0.6 is 0 Å². The molecule has 0 amide bonds. The molecule has 5 rings (SSSR count). The maximum Gasteiger partial charge on any atom is 0.229 e. The lowest BCUT2D eigenvalue weighted by Gasteiger charge is -2.32. The summed E-state index contributed by atoms with van der Waals surface area (Å²) in [7, 11) is 2.14. The van der Waals surface area contributed by atoms with Crippen LogP contribution in [0.4, 0.5) is 17.5 Å². The van der Waals surface area contributed by atoms with Crippen LogP contribution in [0.1, 0.15) is 24.8 Å². The zero-order valence-corrected chi connectivity index (χ0v) is 16.3. The molecule has 1 aromatic carbocycles. The van der Waals surface area contributed by atoms with E-state index < -0.39 is 0 Å². The van der Waals surface area contributed by atoms with Gasteiger partial charge in [-0.1, -0.05) is 19.1 Å². The average molecular weight is 375 g/mol. The summed E-state index contributed by atoms with van der Waals surface area (Å²) >= 11 is 0. The fourth-order valence-corrected chi connectivity index (χ4v) is 3.86. The molecular formula is C21H25N7. The Kier molecular flexibility index (Phi) is 4.31. The Hall–Kier alpha value is -2.80. The highest BCUT2D eigenvalue weighted by molar-refractivity contribution is 5.85. The Morgan fingerprint density at radius 2 is 1.82 bits per heavy atom. The number of likely N-dealkylation sites (N-methyl/N-ethyl adjacent to an activating group) is 1. The third kappa shape index (κ3) is 3.38. The van der Waals surface area contributed by atoms with Crippen molar-refractivity contribution >= 4 is 28.6 Å². The van der Waals surface area contributed by atoms with Gasteiger partial charge in [0.1, 0.15) is 0 Å². The lowest BCUT2D eigenvalue weighted by Crippen LogP contribution is -2.45. The number of fused-ring (bicyclic) bond motifs is 1. The number of rotatable bonds is 4. The molecule has 1 N–H and O–H groups in total. The minimum Gasteiger partial charge on any atom is -0.338 e. The molecule has 1 aliphatic heterocycles. The SMILES string of the molecule is CC1CC1c1cccc(Nc2nc(N3CCN(C)CC3)nc3nccnc23)c1. The van der Waals surface area contributed by atoms with Crippen molar-refractivity contribution in [3.63, 3.8) is 0 Å². The molecule has 2 fully saturated rings. The topological polar surface area (TPSA) is 70.1 Å². The zero-order valence-electron chi connectivity index (χ0n) is 16.3. The summed E-state index contributed by atoms with van der Waals surface area (Å²) in [6.45, 7) is 6.15. The Bertz CT molecular complexity index is 997. The van der Waals surface area contributed by atoms with Crippen molar-refractivity contribution in [1.82, 2.24) is 24.8 Å². The highest BCUT2D eigenvalue weighted by atomic mass is 15.3. The first kappa shape index (κ1) is 17.3. The summed E-state index contributed by atoms with van der Waals surface area (Å²) in [5.74, 6) is 2.90. The lowest BCUT2D eigenvalue weighted by molar-refractivity contribution is 0.311. The molecule has 7 heteroatoms. The first-order valence-corrected chi connectivity index (χ1v) is 9.96. The summed E-state index contributed by atoms with van der Waals surface area (Å²) < 4.78 is 0. The van der Waals surface area contributed by atoms with Gasteiger partial charge in [0.25, 0.3) is 0 Å². The molecule has 3 aromatic rings. The van der Waals surface area contributed by atoms with Crippen molar-refractivity contribution in [2.45, 2.75) is 19.3 Å². The molecule has 1 saturated heterocycles. The molecule has 144 valence electrons. The molecule has 1 saturated carbocycles. The van der Waals surface area contributed by atoms with Gasteiger partial charge in [-0.15, -0.1) is 0 Å². The lowest BCUT2D eigenvalue weighted by atomic mass is 10.1. The van der Waals surface area contributed by atoms with Crippen molar-refractivity contribution in [3.05, 3.63) is 42.2 Å². The first-order valence-electron chi connectivity index (χ1n) is 9.96. The van der Waals surface area contributed by atoms with Crippen molar-refractivity contribution < 1.29 is 0 Å². The normalized spacial score (nSPS) is 22.4. The predicted molar refractivity (Wildman–Crippen MR) is 111 cm³/mol. The Morgan fingerprint density at radius 3 is 2.61 bits per heavy atom. The maximum atomic E-state index is 4.83. The van der Waals surface area contributed by atoms with Crippen LogP contribution in [-0.4, -0.2) is 58.1 Å². The zero-order chi connectivity index (χ0) is 19.1. The highest BCUT2D eigenvalue weighted by Gasteiger charge is 2.33. The standard InChI is InChI=1S/C21H25N7/c1-14-12-17(14)15-4-3-5-16(13-15)24-20-18-19(23-7-6-22-18)25-21(26-20)28-10-8-27(2)9-11-28/h3-7,13-14,17H,8-12H2,1-2H3,(H,23,24,25,26). The smallest absolute Gasteiger partial charge is 0.229 e. The minimum absolute atomic E-state index is 0.626. The van der Waals surface area contributed by atoms with Crippen LogP contribution in [0, 0.1) is 5.92 Å². The average Bonchev–Trinajstić information content (AvgIpc) is 3.45. The maximum absolute atomic E-state index is 4.83. The van der Waals surface area contributed by atoms with Crippen molar-refractivity contribution in [1.29, 1.82) is 0 Å². The van der Waals surface area contributed by atoms with Crippen molar-refractivity contribution in [2.24, 2.45) is 5.92 Å². The summed E-state index contributed by atoms with van der Waals surface area (Å²) in [5.41, 5.74) is 3.75. The Morgan fingerprint density at radius 1 is 1.04 bits per heavy atom. The number of benzene rings is 1. The number of nitrogens with zero attached hydrogens (tertiary/aromatic N) is 6. The molecule has 28 heavy (non-hydrogen) atoms. The van der Waals surface area contributed by atoms with E-state index in [1.165, 1.54) is 12.0 Å². The van der Waals surface area contributed by atoms with Crippen LogP contribution in [0.2, 0.25) is 0 Å². The fraction of sp³-hybridized carbons (Fsp3) is 0.429. The predicted octanol–water partition coefficient (Wildman–Crippen LogP) is 3.04. The van der Waals surface area contributed by atoms with E-state index in [1.54, 1.807) is 12.4 Å². The van der Waals surface area contributed by atoms with Gasteiger partial charge in [-0.25, -0.2) is 9.97 Å². The van der Waals surface area contributed by atoms with E-state index in [0.29, 0.717) is 22.9 Å². The number of nitrogens with one attached hydrogen (secondary N) is 1. The van der Waals surface area contributed by atoms with Gasteiger partial charge in [-0.05, 0) is 43.0 Å². The van der Waals surface area contributed by atoms with Gasteiger partial charge in [-0.2, -0.15) is 9.97 Å². The van der Waals surface area contributed by atoms with E-state index in [0.717, 1.165) is 43.7 Å². The Labute approximate surface area is 164 Å². The van der Waals surface area contributed by atoms with E-state index in [9.17, 15) is 0 Å². The summed E-state index contributed by atoms with van der Waals surface area (Å²) in [4.78, 5) is 23.0. The van der Waals surface area contributed by atoms with E-state index in [4.69, 9.17) is 4.98 Å². The van der Waals surface area contributed by atoms with Crippen LogP contribution in [0.15, 0.2) is 36.7 Å². The molecule has 2 atom stereocenters. The second-order valence-electron chi connectivity index (χ2n) is 7.96. The monoisotopic (exact) mass is 375 g/mol. The third-order valence-corrected chi connectivity index (χ3v) is 5.79. The van der Waals surface area contributed by atoms with Gasteiger partial charge in [0.2, 0.25) is 5.95 Å². The van der Waals surface area contributed by atoms with Gasteiger partial charge < -0.3 is 15.1 Å². The number of anilines is 3. The molecule has 2 unspecified atom stereocenters. The number of hydrogen-bond donors (Lipinski definition) is 1. The largest absolute Gasteiger partial charge is 0.338 e. The van der Waals surface area contributed by atoms with Gasteiger partial charge in [0.15, 0.2) is 17.0 Å². The number of hydrogen-bond acceptors (Lipinski definition) is 7. The van der Waals surface area contributed by atoms with Crippen molar-refractivity contribution in [3.8, 4) is 0 Å². The van der Waals surface area contributed by atoms with Crippen LogP contribution in [-0.2, 0) is 0 Å². The molecule has 1 aliphatic carbocycles. The molecule has 3 heterocycles. The second kappa shape index (κ2) is 6.98. The van der Waals surface area contributed by atoms with Crippen molar-refractivity contribution in [2.75, 3.05) is 43.4 Å². The number of aromatic nitrogens is 4. The van der Waals surface area contributed by atoms with Gasteiger partial charge in [0.05, 0.1) is 0 Å². The van der Waals surface area contributed by atoms with Crippen LogP contribution < -0.4 is 10.2 Å². The van der Waals surface area contributed by atoms with Gasteiger partial charge >= 0.3 is 0 Å². The minimum atomic E-state index is 0.626. The molecule has 2 aromatic heterocycles. The quantitative estimate of drug-likeness (QED) is 0.751. The molecule has 7 nitrogen and oxygen atoms in total. The molecule has 0 radical (unpaired) electrons. The fourth-order valence-electron chi connectivity index (χ4n) is 3.86. The molecule has 2 aliphatic rings.